The number of aryl methyl sites for hydroxylation is 1. The van der Waals surface area contributed by atoms with E-state index in [1.807, 2.05) is 56.3 Å². The Morgan fingerprint density at radius 2 is 1.95 bits per heavy atom. The van der Waals surface area contributed by atoms with E-state index < -0.39 is 0 Å². The van der Waals surface area contributed by atoms with Crippen molar-refractivity contribution < 1.29 is 4.79 Å². The van der Waals surface area contributed by atoms with Crippen LogP contribution in [0.25, 0.3) is 0 Å². The van der Waals surface area contributed by atoms with Gasteiger partial charge in [-0.2, -0.15) is 0 Å². The maximum atomic E-state index is 12.3. The van der Waals surface area contributed by atoms with Gasteiger partial charge in [-0.25, -0.2) is 0 Å². The molecule has 1 N–H and O–H groups in total. The molecular formula is C16H15BrClNO. The molecule has 2 aromatic rings. The number of carbonyl (C=O) groups excluding carboxylic acids is 1. The lowest BCUT2D eigenvalue weighted by molar-refractivity contribution is 0.0939. The average Bonchev–Trinajstić information content (AvgIpc) is 2.38. The molecule has 2 nitrogen and oxygen atoms in total. The number of hydrogen-bond acceptors (Lipinski definition) is 1. The van der Waals surface area contributed by atoms with Crippen molar-refractivity contribution in [2.45, 2.75) is 19.9 Å². The fourth-order valence-electron chi connectivity index (χ4n) is 1.98. The summed E-state index contributed by atoms with van der Waals surface area (Å²) in [6.07, 6.45) is 0. The third-order valence-electron chi connectivity index (χ3n) is 3.09. The number of carbonyl (C=O) groups is 1. The Hall–Kier alpha value is -1.32. The third kappa shape index (κ3) is 3.41. The van der Waals surface area contributed by atoms with Crippen molar-refractivity contribution in [3.8, 4) is 0 Å². The van der Waals surface area contributed by atoms with Crippen molar-refractivity contribution >= 4 is 33.4 Å². The molecule has 0 fully saturated rings. The predicted octanol–water partition coefficient (Wildman–Crippen LogP) is 4.90. The van der Waals surface area contributed by atoms with Gasteiger partial charge in [0, 0.05) is 9.50 Å². The summed E-state index contributed by atoms with van der Waals surface area (Å²) in [6.45, 7) is 3.90. The molecule has 1 unspecified atom stereocenters. The molecule has 0 saturated carbocycles. The zero-order valence-corrected chi connectivity index (χ0v) is 13.6. The maximum Gasteiger partial charge on any atom is 0.252 e. The van der Waals surface area contributed by atoms with Gasteiger partial charge in [0.05, 0.1) is 11.6 Å². The molecule has 0 spiro atoms. The first-order valence-corrected chi connectivity index (χ1v) is 7.47. The number of halogens is 2. The molecule has 0 aliphatic heterocycles. The topological polar surface area (TPSA) is 29.1 Å². The van der Waals surface area contributed by atoms with Crippen LogP contribution in [0.4, 0.5) is 0 Å². The minimum Gasteiger partial charge on any atom is -0.345 e. The molecule has 20 heavy (non-hydrogen) atoms. The summed E-state index contributed by atoms with van der Waals surface area (Å²) >= 11 is 9.56. The maximum absolute atomic E-state index is 12.3. The van der Waals surface area contributed by atoms with Crippen LogP contribution in [0.2, 0.25) is 5.02 Å². The molecule has 4 heteroatoms. The molecule has 2 aromatic carbocycles. The fourth-order valence-corrected chi connectivity index (χ4v) is 2.96. The molecule has 0 bridgehead atoms. The van der Waals surface area contributed by atoms with Gasteiger partial charge in [0.25, 0.3) is 5.91 Å². The van der Waals surface area contributed by atoms with Gasteiger partial charge in [-0.1, -0.05) is 35.9 Å². The van der Waals surface area contributed by atoms with E-state index in [4.69, 9.17) is 11.6 Å². The van der Waals surface area contributed by atoms with Crippen molar-refractivity contribution in [1.29, 1.82) is 0 Å². The minimum atomic E-state index is -0.149. The Labute approximate surface area is 132 Å². The minimum absolute atomic E-state index is 0.121. The first kappa shape index (κ1) is 15.1. The van der Waals surface area contributed by atoms with Crippen molar-refractivity contribution in [3.05, 3.63) is 68.7 Å². The van der Waals surface area contributed by atoms with E-state index in [9.17, 15) is 4.79 Å². The molecule has 0 radical (unpaired) electrons. The number of amides is 1. The predicted molar refractivity (Wildman–Crippen MR) is 86.2 cm³/mol. The van der Waals surface area contributed by atoms with Crippen LogP contribution in [0.15, 0.2) is 46.9 Å². The summed E-state index contributed by atoms with van der Waals surface area (Å²) in [5, 5.41) is 3.62. The summed E-state index contributed by atoms with van der Waals surface area (Å²) in [6, 6.07) is 13.0. The van der Waals surface area contributed by atoms with E-state index in [1.165, 1.54) is 0 Å². The zero-order chi connectivity index (χ0) is 14.7. The molecule has 0 aliphatic carbocycles. The Kier molecular flexibility index (Phi) is 4.84. The third-order valence-corrected chi connectivity index (χ3v) is 4.09. The van der Waals surface area contributed by atoms with E-state index in [0.29, 0.717) is 10.6 Å². The number of rotatable bonds is 3. The van der Waals surface area contributed by atoms with E-state index in [1.54, 1.807) is 0 Å². The quantitative estimate of drug-likeness (QED) is 0.836. The molecule has 2 rings (SSSR count). The highest BCUT2D eigenvalue weighted by molar-refractivity contribution is 9.10. The van der Waals surface area contributed by atoms with Crippen LogP contribution in [0, 0.1) is 6.92 Å². The molecule has 0 heterocycles. The van der Waals surface area contributed by atoms with Gasteiger partial charge in [-0.3, -0.25) is 4.79 Å². The van der Waals surface area contributed by atoms with Crippen LogP contribution in [0.1, 0.15) is 34.5 Å². The molecular weight excluding hydrogens is 338 g/mol. The highest BCUT2D eigenvalue weighted by Crippen LogP contribution is 2.24. The standard InChI is InChI=1S/C16H15BrClNO/c1-10-7-8-13(14(17)9-10)16(20)19-11(2)12-5-3-4-6-15(12)18/h3-9,11H,1-2H3,(H,19,20). The molecule has 104 valence electrons. The van der Waals surface area contributed by atoms with Crippen molar-refractivity contribution in [2.24, 2.45) is 0 Å². The average molecular weight is 353 g/mol. The molecule has 1 atom stereocenters. The van der Waals surface area contributed by atoms with Gasteiger partial charge < -0.3 is 5.32 Å². The van der Waals surface area contributed by atoms with Crippen molar-refractivity contribution in [3.63, 3.8) is 0 Å². The summed E-state index contributed by atoms with van der Waals surface area (Å²) in [4.78, 5) is 12.3. The van der Waals surface area contributed by atoms with E-state index in [-0.39, 0.29) is 11.9 Å². The Morgan fingerprint density at radius 3 is 2.60 bits per heavy atom. The van der Waals surface area contributed by atoms with Crippen LogP contribution in [0.3, 0.4) is 0 Å². The van der Waals surface area contributed by atoms with Crippen LogP contribution in [0.5, 0.6) is 0 Å². The van der Waals surface area contributed by atoms with E-state index in [0.717, 1.165) is 15.6 Å². The monoisotopic (exact) mass is 351 g/mol. The largest absolute Gasteiger partial charge is 0.345 e. The van der Waals surface area contributed by atoms with Gasteiger partial charge >= 0.3 is 0 Å². The first-order valence-electron chi connectivity index (χ1n) is 6.30. The Morgan fingerprint density at radius 1 is 1.25 bits per heavy atom. The molecule has 0 saturated heterocycles. The second kappa shape index (κ2) is 6.42. The van der Waals surface area contributed by atoms with E-state index >= 15 is 0 Å². The summed E-state index contributed by atoms with van der Waals surface area (Å²) < 4.78 is 0.793. The Balaban J connectivity index is 2.17. The van der Waals surface area contributed by atoms with E-state index in [2.05, 4.69) is 21.2 Å². The van der Waals surface area contributed by atoms with Gasteiger partial charge in [0.15, 0.2) is 0 Å². The highest BCUT2D eigenvalue weighted by atomic mass is 79.9. The van der Waals surface area contributed by atoms with Crippen molar-refractivity contribution in [2.75, 3.05) is 0 Å². The SMILES string of the molecule is Cc1ccc(C(=O)NC(C)c2ccccc2Cl)c(Br)c1. The van der Waals surface area contributed by atoms with Gasteiger partial charge in [-0.15, -0.1) is 0 Å². The lowest BCUT2D eigenvalue weighted by Gasteiger charge is -2.16. The van der Waals surface area contributed by atoms with Crippen LogP contribution in [-0.4, -0.2) is 5.91 Å². The van der Waals surface area contributed by atoms with Gasteiger partial charge in [0.1, 0.15) is 0 Å². The molecule has 1 amide bonds. The zero-order valence-electron chi connectivity index (χ0n) is 11.3. The first-order chi connectivity index (χ1) is 9.49. The normalized spacial score (nSPS) is 12.0. The fraction of sp³-hybridized carbons (Fsp3) is 0.188. The highest BCUT2D eigenvalue weighted by Gasteiger charge is 2.15. The van der Waals surface area contributed by atoms with Crippen LogP contribution in [-0.2, 0) is 0 Å². The summed E-state index contributed by atoms with van der Waals surface area (Å²) in [5.74, 6) is -0.121. The lowest BCUT2D eigenvalue weighted by atomic mass is 10.1. The molecule has 0 aromatic heterocycles. The van der Waals surface area contributed by atoms with Crippen LogP contribution < -0.4 is 5.32 Å². The van der Waals surface area contributed by atoms with Gasteiger partial charge in [-0.05, 0) is 59.1 Å². The second-order valence-corrected chi connectivity index (χ2v) is 5.96. The number of hydrogen-bond donors (Lipinski definition) is 1. The second-order valence-electron chi connectivity index (χ2n) is 4.70. The summed E-state index contributed by atoms with van der Waals surface area (Å²) in [5.41, 5.74) is 2.63. The van der Waals surface area contributed by atoms with Gasteiger partial charge in [0.2, 0.25) is 0 Å². The lowest BCUT2D eigenvalue weighted by Crippen LogP contribution is -2.27. The van der Waals surface area contributed by atoms with Crippen molar-refractivity contribution in [1.82, 2.24) is 5.32 Å². The summed E-state index contributed by atoms with van der Waals surface area (Å²) in [7, 11) is 0. The number of benzene rings is 2. The smallest absolute Gasteiger partial charge is 0.252 e. The number of nitrogens with one attached hydrogen (secondary N) is 1. The van der Waals surface area contributed by atoms with Crippen LogP contribution >= 0.6 is 27.5 Å². The Bertz CT molecular complexity index is 642. The molecule has 0 aliphatic rings.